The van der Waals surface area contributed by atoms with Gasteiger partial charge >= 0.3 is 0 Å². The van der Waals surface area contributed by atoms with E-state index < -0.39 is 0 Å². The van der Waals surface area contributed by atoms with Gasteiger partial charge in [0.05, 0.1) is 23.1 Å². The monoisotopic (exact) mass is 422 g/mol. The predicted octanol–water partition coefficient (Wildman–Crippen LogP) is 2.63. The first-order valence-corrected chi connectivity index (χ1v) is 10.9. The summed E-state index contributed by atoms with van der Waals surface area (Å²) >= 11 is 0. The van der Waals surface area contributed by atoms with Crippen molar-refractivity contribution in [2.75, 3.05) is 13.1 Å². The summed E-state index contributed by atoms with van der Waals surface area (Å²) in [6, 6.07) is 6.75. The van der Waals surface area contributed by atoms with Crippen LogP contribution >= 0.6 is 0 Å². The van der Waals surface area contributed by atoms with Gasteiger partial charge in [0.1, 0.15) is 5.82 Å². The van der Waals surface area contributed by atoms with E-state index in [1.807, 2.05) is 11.7 Å². The smallest absolute Gasteiger partial charge is 0.254 e. The summed E-state index contributed by atoms with van der Waals surface area (Å²) in [6.45, 7) is 2.67. The van der Waals surface area contributed by atoms with E-state index in [1.165, 1.54) is 23.4 Å². The van der Waals surface area contributed by atoms with Crippen LogP contribution < -0.4 is 5.32 Å². The van der Waals surface area contributed by atoms with Crippen molar-refractivity contribution in [2.45, 2.75) is 44.7 Å². The third-order valence-electron chi connectivity index (χ3n) is 6.35. The molecule has 3 aromatic rings. The Morgan fingerprint density at radius 1 is 1.19 bits per heavy atom. The Balaban J connectivity index is 1.22. The molecule has 1 aliphatic heterocycles. The number of aromatic nitrogens is 4. The molecule has 3 heterocycles. The third kappa shape index (κ3) is 4.12. The number of likely N-dealkylation sites (tertiary alicyclic amines) is 1. The fourth-order valence-electron chi connectivity index (χ4n) is 4.69. The number of rotatable bonds is 5. The van der Waals surface area contributed by atoms with Crippen LogP contribution in [-0.2, 0) is 26.4 Å². The number of halogens is 1. The highest BCUT2D eigenvalue weighted by Gasteiger charge is 2.27. The topological polar surface area (TPSA) is 68.0 Å². The van der Waals surface area contributed by atoms with Crippen molar-refractivity contribution in [3.05, 3.63) is 65.0 Å². The van der Waals surface area contributed by atoms with Gasteiger partial charge in [0, 0.05) is 44.6 Å². The predicted molar refractivity (Wildman–Crippen MR) is 115 cm³/mol. The van der Waals surface area contributed by atoms with Crippen molar-refractivity contribution in [2.24, 2.45) is 7.05 Å². The minimum atomic E-state index is -0.230. The molecule has 7 nitrogen and oxygen atoms in total. The highest BCUT2D eigenvalue weighted by atomic mass is 19.1. The molecule has 2 aromatic heterocycles. The number of amides is 1. The van der Waals surface area contributed by atoms with E-state index in [9.17, 15) is 9.18 Å². The van der Waals surface area contributed by atoms with Gasteiger partial charge in [0.2, 0.25) is 0 Å². The maximum absolute atomic E-state index is 13.3. The van der Waals surface area contributed by atoms with Crippen molar-refractivity contribution in [3.8, 4) is 5.69 Å². The maximum atomic E-state index is 13.3. The molecular formula is C23H27FN6O. The zero-order chi connectivity index (χ0) is 21.4. The van der Waals surface area contributed by atoms with Crippen LogP contribution in [0.2, 0.25) is 0 Å². The zero-order valence-electron chi connectivity index (χ0n) is 17.7. The number of carbonyl (C=O) groups excluding carboxylic acids is 1. The number of hydrogen-bond donors (Lipinski definition) is 1. The summed E-state index contributed by atoms with van der Waals surface area (Å²) in [5, 5.41) is 12.1. The fraction of sp³-hybridized carbons (Fsp3) is 0.435. The number of aryl methyl sites for hydroxylation is 1. The first-order valence-electron chi connectivity index (χ1n) is 10.9. The van der Waals surface area contributed by atoms with Crippen LogP contribution in [0.4, 0.5) is 4.39 Å². The second-order valence-electron chi connectivity index (χ2n) is 8.54. The molecule has 1 saturated heterocycles. The molecule has 8 heteroatoms. The van der Waals surface area contributed by atoms with Crippen LogP contribution in [0.5, 0.6) is 0 Å². The van der Waals surface area contributed by atoms with Crippen molar-refractivity contribution < 1.29 is 9.18 Å². The first kappa shape index (κ1) is 19.9. The Morgan fingerprint density at radius 3 is 2.68 bits per heavy atom. The van der Waals surface area contributed by atoms with Crippen molar-refractivity contribution in [1.29, 1.82) is 0 Å². The molecule has 0 bridgehead atoms. The van der Waals surface area contributed by atoms with E-state index in [1.54, 1.807) is 29.2 Å². The second kappa shape index (κ2) is 8.26. The highest BCUT2D eigenvalue weighted by Crippen LogP contribution is 2.29. The maximum Gasteiger partial charge on any atom is 0.254 e. The molecule has 0 atom stereocenters. The molecule has 1 N–H and O–H groups in total. The second-order valence-corrected chi connectivity index (χ2v) is 8.54. The van der Waals surface area contributed by atoms with Crippen LogP contribution in [-0.4, -0.2) is 49.5 Å². The van der Waals surface area contributed by atoms with Gasteiger partial charge in [-0.25, -0.2) is 9.07 Å². The average Bonchev–Trinajstić information content (AvgIpc) is 3.48. The van der Waals surface area contributed by atoms with Gasteiger partial charge in [-0.05, 0) is 61.9 Å². The van der Waals surface area contributed by atoms with Crippen molar-refractivity contribution >= 4 is 5.91 Å². The lowest BCUT2D eigenvalue weighted by molar-refractivity contribution is 0.0908. The molecule has 162 valence electrons. The summed E-state index contributed by atoms with van der Waals surface area (Å²) in [6.07, 6.45) is 8.40. The van der Waals surface area contributed by atoms with Crippen LogP contribution in [0.3, 0.4) is 0 Å². The molecule has 0 unspecified atom stereocenters. The number of benzene rings is 1. The van der Waals surface area contributed by atoms with Gasteiger partial charge < -0.3 is 5.32 Å². The van der Waals surface area contributed by atoms with E-state index >= 15 is 0 Å². The molecule has 0 spiro atoms. The van der Waals surface area contributed by atoms with E-state index in [4.69, 9.17) is 5.10 Å². The highest BCUT2D eigenvalue weighted by molar-refractivity contribution is 5.93. The average molecular weight is 423 g/mol. The van der Waals surface area contributed by atoms with Gasteiger partial charge in [-0.15, -0.1) is 0 Å². The molecule has 1 aromatic carbocycles. The molecule has 2 aliphatic rings. The first-order chi connectivity index (χ1) is 15.1. The minimum absolute atomic E-state index is 0.0533. The lowest BCUT2D eigenvalue weighted by Crippen LogP contribution is -2.44. The van der Waals surface area contributed by atoms with E-state index in [0.717, 1.165) is 63.1 Å². The Labute approximate surface area is 180 Å². The molecule has 1 fully saturated rings. The molecule has 0 radical (unpaired) electrons. The van der Waals surface area contributed by atoms with Crippen LogP contribution in [0.25, 0.3) is 5.69 Å². The van der Waals surface area contributed by atoms with E-state index in [-0.39, 0.29) is 17.8 Å². The van der Waals surface area contributed by atoms with Crippen LogP contribution in [0.1, 0.15) is 46.6 Å². The summed E-state index contributed by atoms with van der Waals surface area (Å²) in [5.41, 5.74) is 5.28. The standard InChI is InChI=1S/C23H27FN6O/c1-28-14-16(13-25-28)23(31)26-18-9-11-29(12-10-18)15-21-20-3-2-4-22(20)30(27-21)19-7-5-17(24)6-8-19/h5-8,13-14,18H,2-4,9-12,15H2,1H3,(H,26,31). The van der Waals surface area contributed by atoms with Crippen molar-refractivity contribution in [3.63, 3.8) is 0 Å². The molecule has 31 heavy (non-hydrogen) atoms. The number of fused-ring (bicyclic) bond motifs is 1. The Hall–Kier alpha value is -3.00. The van der Waals surface area contributed by atoms with E-state index in [2.05, 4.69) is 15.3 Å². The number of nitrogens with one attached hydrogen (secondary N) is 1. The third-order valence-corrected chi connectivity index (χ3v) is 6.35. The normalized spacial score (nSPS) is 17.1. The number of hydrogen-bond acceptors (Lipinski definition) is 4. The van der Waals surface area contributed by atoms with Crippen LogP contribution in [0, 0.1) is 5.82 Å². The van der Waals surface area contributed by atoms with Gasteiger partial charge in [-0.3, -0.25) is 14.4 Å². The molecule has 5 rings (SSSR count). The number of nitrogens with zero attached hydrogens (tertiary/aromatic N) is 5. The Morgan fingerprint density at radius 2 is 1.97 bits per heavy atom. The van der Waals surface area contributed by atoms with Gasteiger partial charge in [0.15, 0.2) is 0 Å². The van der Waals surface area contributed by atoms with Gasteiger partial charge in [0.25, 0.3) is 5.91 Å². The Bertz CT molecular complexity index is 1080. The van der Waals surface area contributed by atoms with Gasteiger partial charge in [-0.2, -0.15) is 10.2 Å². The number of carbonyl (C=O) groups is 1. The quantitative estimate of drug-likeness (QED) is 0.686. The molecule has 0 saturated carbocycles. The van der Waals surface area contributed by atoms with Crippen LogP contribution in [0.15, 0.2) is 36.7 Å². The van der Waals surface area contributed by atoms with Crippen molar-refractivity contribution in [1.82, 2.24) is 29.8 Å². The largest absolute Gasteiger partial charge is 0.349 e. The summed E-state index contributed by atoms with van der Waals surface area (Å²) in [5.74, 6) is -0.284. The molecule has 1 amide bonds. The summed E-state index contributed by atoms with van der Waals surface area (Å²) < 4.78 is 17.0. The minimum Gasteiger partial charge on any atom is -0.349 e. The van der Waals surface area contributed by atoms with Gasteiger partial charge in [-0.1, -0.05) is 0 Å². The molecular weight excluding hydrogens is 395 g/mol. The van der Waals surface area contributed by atoms with E-state index in [0.29, 0.717) is 5.56 Å². The summed E-state index contributed by atoms with van der Waals surface area (Å²) in [4.78, 5) is 14.8. The lowest BCUT2D eigenvalue weighted by atomic mass is 10.0. The summed E-state index contributed by atoms with van der Waals surface area (Å²) in [7, 11) is 1.81. The zero-order valence-corrected chi connectivity index (χ0v) is 17.7. The lowest BCUT2D eigenvalue weighted by Gasteiger charge is -2.32. The SMILES string of the molecule is Cn1cc(C(=O)NC2CCN(Cc3nn(-c4ccc(F)cc4)c4c3CCC4)CC2)cn1. The Kier molecular flexibility index (Phi) is 5.31. The molecule has 1 aliphatic carbocycles. The number of piperidine rings is 1. The fourth-order valence-corrected chi connectivity index (χ4v) is 4.69.